The smallest absolute Gasteiger partial charge is 0.0638 e. The highest BCUT2D eigenvalue weighted by Gasteiger charge is 2.32. The monoisotopic (exact) mass is 195 g/mol. The van der Waals surface area contributed by atoms with Crippen LogP contribution in [0.2, 0.25) is 0 Å². The van der Waals surface area contributed by atoms with Crippen LogP contribution in [-0.2, 0) is 0 Å². The molecule has 0 saturated carbocycles. The quantitative estimate of drug-likeness (QED) is 0.723. The van der Waals surface area contributed by atoms with E-state index in [1.165, 1.54) is 0 Å². The Bertz CT molecular complexity index is 227. The predicted octanol–water partition coefficient (Wildman–Crippen LogP) is 1.36. The molecule has 1 heterocycles. The zero-order valence-electron chi connectivity index (χ0n) is 9.67. The molecule has 1 aliphatic rings. The minimum Gasteiger partial charge on any atom is -0.305 e. The first-order valence-electron chi connectivity index (χ1n) is 5.33. The van der Waals surface area contributed by atoms with Gasteiger partial charge in [0.05, 0.1) is 12.5 Å². The highest BCUT2D eigenvalue weighted by atomic mass is 15.2. The molecule has 0 aromatic heterocycles. The van der Waals surface area contributed by atoms with Crippen LogP contribution >= 0.6 is 0 Å². The lowest BCUT2D eigenvalue weighted by molar-refractivity contribution is 0.0923. The Labute approximate surface area is 87.1 Å². The first-order chi connectivity index (χ1) is 6.44. The number of rotatable bonds is 2. The summed E-state index contributed by atoms with van der Waals surface area (Å²) in [6, 6.07) is 3.14. The van der Waals surface area contributed by atoms with Crippen molar-refractivity contribution >= 4 is 0 Å². The van der Waals surface area contributed by atoms with Gasteiger partial charge in [0.25, 0.3) is 0 Å². The minimum absolute atomic E-state index is 0.129. The van der Waals surface area contributed by atoms with Crippen molar-refractivity contribution in [1.29, 1.82) is 5.26 Å². The molecule has 1 fully saturated rings. The molecule has 0 aliphatic carbocycles. The molecule has 0 radical (unpaired) electrons. The Balaban J connectivity index is 2.63. The summed E-state index contributed by atoms with van der Waals surface area (Å²) in [6.07, 6.45) is 0.604. The number of nitrogens with one attached hydrogen (secondary N) is 1. The molecule has 1 aliphatic heterocycles. The van der Waals surface area contributed by atoms with Gasteiger partial charge in [-0.1, -0.05) is 0 Å². The molecule has 0 amide bonds. The Hall–Kier alpha value is -0.590. The summed E-state index contributed by atoms with van der Waals surface area (Å²) in [6.45, 7) is 10.9. The summed E-state index contributed by atoms with van der Waals surface area (Å²) in [5.41, 5.74) is 0.129. The molecule has 3 nitrogen and oxygen atoms in total. The molecule has 0 bridgehead atoms. The van der Waals surface area contributed by atoms with Gasteiger partial charge < -0.3 is 5.32 Å². The Morgan fingerprint density at radius 3 is 2.71 bits per heavy atom. The van der Waals surface area contributed by atoms with E-state index in [2.05, 4.69) is 44.0 Å². The summed E-state index contributed by atoms with van der Waals surface area (Å²) >= 11 is 0. The van der Waals surface area contributed by atoms with Crippen molar-refractivity contribution < 1.29 is 0 Å². The Kier molecular flexibility index (Phi) is 3.52. The first-order valence-corrected chi connectivity index (χ1v) is 5.33. The highest BCUT2D eigenvalue weighted by Crippen LogP contribution is 2.17. The van der Waals surface area contributed by atoms with Crippen molar-refractivity contribution in [3.8, 4) is 6.07 Å². The van der Waals surface area contributed by atoms with E-state index in [0.717, 1.165) is 13.1 Å². The van der Waals surface area contributed by atoms with E-state index in [1.807, 2.05) is 0 Å². The van der Waals surface area contributed by atoms with E-state index in [4.69, 9.17) is 5.26 Å². The van der Waals surface area contributed by atoms with Crippen molar-refractivity contribution in [3.05, 3.63) is 0 Å². The lowest BCUT2D eigenvalue weighted by atomic mass is 9.96. The van der Waals surface area contributed by atoms with Gasteiger partial charge in [0, 0.05) is 30.7 Å². The van der Waals surface area contributed by atoms with E-state index < -0.39 is 0 Å². The maximum Gasteiger partial charge on any atom is 0.0638 e. The topological polar surface area (TPSA) is 39.1 Å². The van der Waals surface area contributed by atoms with E-state index in [9.17, 15) is 0 Å². The van der Waals surface area contributed by atoms with Crippen molar-refractivity contribution in [2.75, 3.05) is 13.1 Å². The van der Waals surface area contributed by atoms with Gasteiger partial charge in [-0.15, -0.1) is 0 Å². The number of piperazine rings is 1. The average molecular weight is 195 g/mol. The fourth-order valence-electron chi connectivity index (χ4n) is 2.12. The van der Waals surface area contributed by atoms with E-state index in [1.54, 1.807) is 0 Å². The second-order valence-electron chi connectivity index (χ2n) is 5.11. The van der Waals surface area contributed by atoms with Crippen LogP contribution in [0.1, 0.15) is 34.1 Å². The van der Waals surface area contributed by atoms with Crippen molar-refractivity contribution in [2.45, 2.75) is 51.7 Å². The molecular weight excluding hydrogens is 174 g/mol. The fraction of sp³-hybridized carbons (Fsp3) is 0.909. The van der Waals surface area contributed by atoms with Crippen LogP contribution in [0.25, 0.3) is 0 Å². The molecule has 1 atom stereocenters. The van der Waals surface area contributed by atoms with Crippen LogP contribution in [-0.4, -0.2) is 35.6 Å². The Morgan fingerprint density at radius 1 is 1.57 bits per heavy atom. The number of nitrogens with zero attached hydrogens (tertiary/aromatic N) is 2. The van der Waals surface area contributed by atoms with Crippen LogP contribution in [0.4, 0.5) is 0 Å². The van der Waals surface area contributed by atoms with Gasteiger partial charge in [0.15, 0.2) is 0 Å². The van der Waals surface area contributed by atoms with Crippen LogP contribution in [0.3, 0.4) is 0 Å². The van der Waals surface area contributed by atoms with Gasteiger partial charge >= 0.3 is 0 Å². The average Bonchev–Trinajstić information content (AvgIpc) is 2.01. The van der Waals surface area contributed by atoms with Gasteiger partial charge in [-0.25, -0.2) is 0 Å². The van der Waals surface area contributed by atoms with Crippen LogP contribution in [0.15, 0.2) is 0 Å². The SMILES string of the molecule is CC(C)N1CC(CC#N)NC(C)(C)C1. The Morgan fingerprint density at radius 2 is 2.21 bits per heavy atom. The predicted molar refractivity (Wildman–Crippen MR) is 57.9 cm³/mol. The lowest BCUT2D eigenvalue weighted by Gasteiger charge is -2.45. The summed E-state index contributed by atoms with van der Waals surface area (Å²) in [5.74, 6) is 0. The lowest BCUT2D eigenvalue weighted by Crippen LogP contribution is -2.63. The van der Waals surface area contributed by atoms with Crippen LogP contribution in [0.5, 0.6) is 0 Å². The molecule has 3 heteroatoms. The maximum absolute atomic E-state index is 8.71. The summed E-state index contributed by atoms with van der Waals surface area (Å²) in [4.78, 5) is 2.44. The normalized spacial score (nSPS) is 27.6. The third-order valence-electron chi connectivity index (χ3n) is 2.72. The number of hydrogen-bond donors (Lipinski definition) is 1. The summed E-state index contributed by atoms with van der Waals surface area (Å²) < 4.78 is 0. The highest BCUT2D eigenvalue weighted by molar-refractivity contribution is 4.96. The minimum atomic E-state index is 0.129. The molecule has 14 heavy (non-hydrogen) atoms. The largest absolute Gasteiger partial charge is 0.305 e. The summed E-state index contributed by atoms with van der Waals surface area (Å²) in [7, 11) is 0. The van der Waals surface area contributed by atoms with Gasteiger partial charge in [0.1, 0.15) is 0 Å². The molecule has 1 N–H and O–H groups in total. The fourth-order valence-corrected chi connectivity index (χ4v) is 2.12. The van der Waals surface area contributed by atoms with Crippen LogP contribution < -0.4 is 5.32 Å². The van der Waals surface area contributed by atoms with E-state index in [0.29, 0.717) is 18.5 Å². The zero-order valence-corrected chi connectivity index (χ0v) is 9.67. The van der Waals surface area contributed by atoms with Crippen molar-refractivity contribution in [2.24, 2.45) is 0 Å². The zero-order chi connectivity index (χ0) is 10.8. The molecule has 0 spiro atoms. The second kappa shape index (κ2) is 4.29. The van der Waals surface area contributed by atoms with Crippen molar-refractivity contribution in [1.82, 2.24) is 10.2 Å². The van der Waals surface area contributed by atoms with E-state index >= 15 is 0 Å². The third kappa shape index (κ3) is 2.97. The van der Waals surface area contributed by atoms with Gasteiger partial charge in [0.2, 0.25) is 0 Å². The van der Waals surface area contributed by atoms with Gasteiger partial charge in [-0.3, -0.25) is 4.90 Å². The van der Waals surface area contributed by atoms with E-state index in [-0.39, 0.29) is 5.54 Å². The number of nitriles is 1. The first kappa shape index (κ1) is 11.5. The second-order valence-corrected chi connectivity index (χ2v) is 5.11. The molecule has 1 unspecified atom stereocenters. The molecular formula is C11H21N3. The molecule has 80 valence electrons. The molecule has 1 rings (SSSR count). The molecule has 0 aromatic carbocycles. The van der Waals surface area contributed by atoms with Crippen molar-refractivity contribution in [3.63, 3.8) is 0 Å². The molecule has 1 saturated heterocycles. The van der Waals surface area contributed by atoms with Crippen LogP contribution in [0, 0.1) is 11.3 Å². The van der Waals surface area contributed by atoms with Gasteiger partial charge in [-0.05, 0) is 27.7 Å². The number of hydrogen-bond acceptors (Lipinski definition) is 3. The maximum atomic E-state index is 8.71. The molecule has 0 aromatic rings. The van der Waals surface area contributed by atoms with Gasteiger partial charge in [-0.2, -0.15) is 5.26 Å². The summed E-state index contributed by atoms with van der Waals surface area (Å²) in [5, 5.41) is 12.2. The third-order valence-corrected chi connectivity index (χ3v) is 2.72. The standard InChI is InChI=1S/C11H21N3/c1-9(2)14-7-10(5-6-12)13-11(3,4)8-14/h9-10,13H,5,7-8H2,1-4H3.